The summed E-state index contributed by atoms with van der Waals surface area (Å²) in [6.07, 6.45) is 9.52. The van der Waals surface area contributed by atoms with E-state index >= 15 is 0 Å². The molecular weight excluding hydrogens is 376 g/mol. The van der Waals surface area contributed by atoms with Gasteiger partial charge in [-0.3, -0.25) is 9.59 Å². The van der Waals surface area contributed by atoms with E-state index in [0.717, 1.165) is 70.3 Å². The molecule has 2 aliphatic heterocycles. The number of hydrogen-bond acceptors (Lipinski definition) is 3. The monoisotopic (exact) mass is 414 g/mol. The number of para-hydroxylation sites is 1. The van der Waals surface area contributed by atoms with E-state index in [1.54, 1.807) is 0 Å². The van der Waals surface area contributed by atoms with Gasteiger partial charge in [-0.1, -0.05) is 38.0 Å². The van der Waals surface area contributed by atoms with Crippen LogP contribution in [0.2, 0.25) is 0 Å². The lowest BCUT2D eigenvalue weighted by Gasteiger charge is -2.43. The van der Waals surface area contributed by atoms with Crippen molar-refractivity contribution >= 4 is 11.8 Å². The van der Waals surface area contributed by atoms with Crippen molar-refractivity contribution < 1.29 is 14.3 Å². The van der Waals surface area contributed by atoms with E-state index in [2.05, 4.69) is 6.92 Å². The average molecular weight is 415 g/mol. The number of rotatable bonds is 9. The summed E-state index contributed by atoms with van der Waals surface area (Å²) in [7, 11) is 0. The summed E-state index contributed by atoms with van der Waals surface area (Å²) in [5.74, 6) is 1.29. The van der Waals surface area contributed by atoms with Crippen LogP contribution in [0.5, 0.6) is 5.75 Å². The number of carbonyl (C=O) groups is 2. The van der Waals surface area contributed by atoms with E-state index in [0.29, 0.717) is 26.0 Å². The van der Waals surface area contributed by atoms with E-state index in [1.165, 1.54) is 6.42 Å². The molecule has 2 amide bonds. The van der Waals surface area contributed by atoms with E-state index < -0.39 is 0 Å². The molecule has 5 nitrogen and oxygen atoms in total. The van der Waals surface area contributed by atoms with E-state index in [4.69, 9.17) is 4.74 Å². The van der Waals surface area contributed by atoms with Gasteiger partial charge in [-0.25, -0.2) is 0 Å². The number of nitrogens with zero attached hydrogens (tertiary/aromatic N) is 2. The molecule has 5 heteroatoms. The van der Waals surface area contributed by atoms with Crippen molar-refractivity contribution in [2.45, 2.75) is 71.1 Å². The normalized spacial score (nSPS) is 22.0. The first kappa shape index (κ1) is 22.6. The second-order valence-corrected chi connectivity index (χ2v) is 9.10. The number of ether oxygens (including phenoxy) is 1. The number of carbonyl (C=O) groups excluding carboxylic acids is 2. The molecule has 2 heterocycles. The Morgan fingerprint density at radius 2 is 1.67 bits per heavy atom. The molecule has 0 unspecified atom stereocenters. The number of likely N-dealkylation sites (tertiary alicyclic amines) is 2. The maximum Gasteiger partial charge on any atom is 0.223 e. The molecule has 2 saturated heterocycles. The minimum atomic E-state index is -0.303. The maximum absolute atomic E-state index is 13.1. The third kappa shape index (κ3) is 6.48. The van der Waals surface area contributed by atoms with Gasteiger partial charge < -0.3 is 14.5 Å². The average Bonchev–Trinajstić information content (AvgIpc) is 2.79. The highest BCUT2D eigenvalue weighted by molar-refractivity contribution is 5.78. The van der Waals surface area contributed by atoms with Crippen molar-refractivity contribution in [1.82, 2.24) is 9.80 Å². The van der Waals surface area contributed by atoms with Crippen molar-refractivity contribution in [3.63, 3.8) is 0 Å². The summed E-state index contributed by atoms with van der Waals surface area (Å²) < 4.78 is 6.15. The summed E-state index contributed by atoms with van der Waals surface area (Å²) in [5, 5.41) is 0. The van der Waals surface area contributed by atoms with Crippen LogP contribution in [0.1, 0.15) is 71.1 Å². The molecule has 2 aliphatic rings. The Morgan fingerprint density at radius 3 is 2.40 bits per heavy atom. The predicted molar refractivity (Wildman–Crippen MR) is 119 cm³/mol. The van der Waals surface area contributed by atoms with Crippen LogP contribution in [0, 0.1) is 5.41 Å². The Morgan fingerprint density at radius 1 is 0.933 bits per heavy atom. The standard InChI is InChI=1S/C25H38N2O3/c1-2-3-6-14-23(28)27-18-11-15-25(20-27,21-30-22-12-7-4-8-13-22)19-24(29)26-16-9-5-10-17-26/h4,7-8,12-13H,2-3,5-6,9-11,14-21H2,1H3/t25-/m0/s1. The molecule has 2 fully saturated rings. The van der Waals surface area contributed by atoms with Crippen molar-refractivity contribution in [2.75, 3.05) is 32.8 Å². The van der Waals surface area contributed by atoms with Gasteiger partial charge in [-0.15, -0.1) is 0 Å². The Balaban J connectivity index is 1.68. The first-order valence-corrected chi connectivity index (χ1v) is 11.9. The number of hydrogen-bond donors (Lipinski definition) is 0. The van der Waals surface area contributed by atoms with Gasteiger partial charge >= 0.3 is 0 Å². The fourth-order valence-electron chi connectivity index (χ4n) is 4.75. The first-order chi connectivity index (χ1) is 14.6. The fourth-order valence-corrected chi connectivity index (χ4v) is 4.75. The molecule has 166 valence electrons. The van der Waals surface area contributed by atoms with Crippen LogP contribution in [0.4, 0.5) is 0 Å². The molecule has 1 atom stereocenters. The number of piperidine rings is 2. The molecule has 0 radical (unpaired) electrons. The summed E-state index contributed by atoms with van der Waals surface area (Å²) >= 11 is 0. The highest BCUT2D eigenvalue weighted by Crippen LogP contribution is 2.36. The zero-order valence-corrected chi connectivity index (χ0v) is 18.6. The minimum absolute atomic E-state index is 0.228. The van der Waals surface area contributed by atoms with Crippen molar-refractivity contribution in [2.24, 2.45) is 5.41 Å². The molecule has 0 aromatic heterocycles. The molecule has 1 aromatic carbocycles. The van der Waals surface area contributed by atoms with Gasteiger partial charge in [0.2, 0.25) is 11.8 Å². The summed E-state index contributed by atoms with van der Waals surface area (Å²) in [5.41, 5.74) is -0.303. The number of amides is 2. The van der Waals surface area contributed by atoms with Gasteiger partial charge in [0, 0.05) is 44.4 Å². The van der Waals surface area contributed by atoms with Gasteiger partial charge in [0.1, 0.15) is 5.75 Å². The van der Waals surface area contributed by atoms with Gasteiger partial charge in [-0.2, -0.15) is 0 Å². The summed E-state index contributed by atoms with van der Waals surface area (Å²) in [6, 6.07) is 9.81. The van der Waals surface area contributed by atoms with Crippen LogP contribution in [0.15, 0.2) is 30.3 Å². The van der Waals surface area contributed by atoms with Crippen LogP contribution < -0.4 is 4.74 Å². The van der Waals surface area contributed by atoms with Crippen LogP contribution in [-0.4, -0.2) is 54.4 Å². The lowest BCUT2D eigenvalue weighted by atomic mass is 9.77. The molecule has 0 aliphatic carbocycles. The SMILES string of the molecule is CCCCCC(=O)N1CCC[C@](COc2ccccc2)(CC(=O)N2CCCCC2)C1. The molecule has 0 N–H and O–H groups in total. The van der Waals surface area contributed by atoms with Crippen molar-refractivity contribution in [3.05, 3.63) is 30.3 Å². The lowest BCUT2D eigenvalue weighted by molar-refractivity contribution is -0.142. The smallest absolute Gasteiger partial charge is 0.223 e. The molecule has 0 bridgehead atoms. The Labute approximate surface area is 181 Å². The minimum Gasteiger partial charge on any atom is -0.493 e. The van der Waals surface area contributed by atoms with Crippen LogP contribution in [-0.2, 0) is 9.59 Å². The highest BCUT2D eigenvalue weighted by Gasteiger charge is 2.40. The highest BCUT2D eigenvalue weighted by atomic mass is 16.5. The lowest BCUT2D eigenvalue weighted by Crippen LogP contribution is -2.51. The van der Waals surface area contributed by atoms with Crippen molar-refractivity contribution in [3.8, 4) is 5.75 Å². The van der Waals surface area contributed by atoms with Gasteiger partial charge in [0.15, 0.2) is 0 Å². The zero-order valence-electron chi connectivity index (χ0n) is 18.6. The third-order valence-electron chi connectivity index (χ3n) is 6.53. The van der Waals surface area contributed by atoms with E-state index in [1.807, 2.05) is 40.1 Å². The second-order valence-electron chi connectivity index (χ2n) is 9.10. The Hall–Kier alpha value is -2.04. The first-order valence-electron chi connectivity index (χ1n) is 11.9. The fraction of sp³-hybridized carbons (Fsp3) is 0.680. The Bertz CT molecular complexity index is 672. The summed E-state index contributed by atoms with van der Waals surface area (Å²) in [6.45, 7) is 5.81. The molecule has 30 heavy (non-hydrogen) atoms. The molecule has 1 aromatic rings. The Kier molecular flexibility index (Phi) is 8.59. The number of benzene rings is 1. The van der Waals surface area contributed by atoms with Gasteiger partial charge in [-0.05, 0) is 50.7 Å². The van der Waals surface area contributed by atoms with Crippen LogP contribution in [0.3, 0.4) is 0 Å². The molecule has 3 rings (SSSR count). The topological polar surface area (TPSA) is 49.9 Å². The summed E-state index contributed by atoms with van der Waals surface area (Å²) in [4.78, 5) is 30.0. The predicted octanol–water partition coefficient (Wildman–Crippen LogP) is 4.66. The molecule has 0 spiro atoms. The van der Waals surface area contributed by atoms with E-state index in [9.17, 15) is 9.59 Å². The van der Waals surface area contributed by atoms with E-state index in [-0.39, 0.29) is 17.2 Å². The molecular formula is C25H38N2O3. The number of unbranched alkanes of at least 4 members (excludes halogenated alkanes) is 2. The van der Waals surface area contributed by atoms with Crippen LogP contribution >= 0.6 is 0 Å². The largest absolute Gasteiger partial charge is 0.493 e. The maximum atomic E-state index is 13.1. The van der Waals surface area contributed by atoms with Gasteiger partial charge in [0.25, 0.3) is 0 Å². The third-order valence-corrected chi connectivity index (χ3v) is 6.53. The van der Waals surface area contributed by atoms with Crippen LogP contribution in [0.25, 0.3) is 0 Å². The second kappa shape index (κ2) is 11.4. The quantitative estimate of drug-likeness (QED) is 0.552. The zero-order chi connectivity index (χ0) is 21.2. The van der Waals surface area contributed by atoms with Crippen molar-refractivity contribution in [1.29, 1.82) is 0 Å². The molecule has 0 saturated carbocycles. The van der Waals surface area contributed by atoms with Gasteiger partial charge in [0.05, 0.1) is 6.61 Å².